The molecule has 1 aromatic carbocycles. The molecule has 0 aliphatic rings. The molecule has 3 heteroatoms. The van der Waals surface area contributed by atoms with Gasteiger partial charge in [0.15, 0.2) is 0 Å². The zero-order valence-electron chi connectivity index (χ0n) is 7.99. The summed E-state index contributed by atoms with van der Waals surface area (Å²) in [7, 11) is 0. The minimum Gasteiger partial charge on any atom is -0.476 e. The molecular weight excluding hydrogens is 180 g/mol. The Bertz CT molecular complexity index is 338. The van der Waals surface area contributed by atoms with E-state index < -0.39 is 11.8 Å². The SMILES string of the molecule is Cc1ccc(CCC(=O)C(=O)O)cc1. The van der Waals surface area contributed by atoms with Crippen molar-refractivity contribution in [1.29, 1.82) is 0 Å². The van der Waals surface area contributed by atoms with E-state index >= 15 is 0 Å². The molecule has 0 fully saturated rings. The Kier molecular flexibility index (Phi) is 3.40. The van der Waals surface area contributed by atoms with Gasteiger partial charge in [-0.3, -0.25) is 4.79 Å². The van der Waals surface area contributed by atoms with Crippen molar-refractivity contribution < 1.29 is 14.7 Å². The van der Waals surface area contributed by atoms with Crippen LogP contribution in [0.25, 0.3) is 0 Å². The Hall–Kier alpha value is -1.64. The zero-order chi connectivity index (χ0) is 10.6. The molecule has 74 valence electrons. The highest BCUT2D eigenvalue weighted by Crippen LogP contribution is 2.05. The molecule has 0 bridgehead atoms. The van der Waals surface area contributed by atoms with E-state index in [2.05, 4.69) is 0 Å². The highest BCUT2D eigenvalue weighted by atomic mass is 16.4. The summed E-state index contributed by atoms with van der Waals surface area (Å²) in [4.78, 5) is 21.0. The molecule has 0 atom stereocenters. The van der Waals surface area contributed by atoms with E-state index in [1.165, 1.54) is 0 Å². The minimum absolute atomic E-state index is 0.0679. The quantitative estimate of drug-likeness (QED) is 0.737. The lowest BCUT2D eigenvalue weighted by molar-refractivity contribution is -0.149. The third kappa shape index (κ3) is 3.01. The number of benzene rings is 1. The maximum absolute atomic E-state index is 10.8. The molecule has 14 heavy (non-hydrogen) atoms. The van der Waals surface area contributed by atoms with Crippen LogP contribution in [0, 0.1) is 6.92 Å². The highest BCUT2D eigenvalue weighted by Gasteiger charge is 2.10. The summed E-state index contributed by atoms with van der Waals surface area (Å²) < 4.78 is 0. The van der Waals surface area contributed by atoms with Gasteiger partial charge in [0.1, 0.15) is 0 Å². The molecule has 1 aromatic rings. The lowest BCUT2D eigenvalue weighted by atomic mass is 10.1. The van der Waals surface area contributed by atoms with Crippen molar-refractivity contribution in [2.45, 2.75) is 19.8 Å². The summed E-state index contributed by atoms with van der Waals surface area (Å²) in [5, 5.41) is 8.35. The predicted octanol–water partition coefficient (Wildman–Crippen LogP) is 1.58. The molecule has 0 spiro atoms. The average molecular weight is 192 g/mol. The summed E-state index contributed by atoms with van der Waals surface area (Å²) in [5.74, 6) is -2.08. The number of carbonyl (C=O) groups is 2. The van der Waals surface area contributed by atoms with Crippen molar-refractivity contribution in [3.05, 3.63) is 35.4 Å². The molecule has 0 aliphatic heterocycles. The Labute approximate surface area is 82.4 Å². The van der Waals surface area contributed by atoms with Crippen LogP contribution in [0.2, 0.25) is 0 Å². The van der Waals surface area contributed by atoms with Crippen molar-refractivity contribution in [2.24, 2.45) is 0 Å². The van der Waals surface area contributed by atoms with E-state index in [0.717, 1.165) is 11.1 Å². The van der Waals surface area contributed by atoms with Gasteiger partial charge in [-0.2, -0.15) is 0 Å². The first-order valence-corrected chi connectivity index (χ1v) is 4.41. The fraction of sp³-hybridized carbons (Fsp3) is 0.273. The summed E-state index contributed by atoms with van der Waals surface area (Å²) >= 11 is 0. The number of hydrogen-bond donors (Lipinski definition) is 1. The van der Waals surface area contributed by atoms with Crippen LogP contribution in [0.15, 0.2) is 24.3 Å². The van der Waals surface area contributed by atoms with Crippen LogP contribution in [0.1, 0.15) is 17.5 Å². The molecule has 0 unspecified atom stereocenters. The molecule has 0 saturated heterocycles. The van der Waals surface area contributed by atoms with Crippen LogP contribution >= 0.6 is 0 Å². The normalized spacial score (nSPS) is 9.79. The molecule has 1 rings (SSSR count). The second kappa shape index (κ2) is 4.56. The number of carbonyl (C=O) groups excluding carboxylic acids is 1. The van der Waals surface area contributed by atoms with E-state index in [1.807, 2.05) is 31.2 Å². The number of Topliss-reactive ketones (excluding diaryl/α,β-unsaturated/α-hetero) is 1. The molecule has 0 aromatic heterocycles. The van der Waals surface area contributed by atoms with E-state index in [-0.39, 0.29) is 6.42 Å². The third-order valence-electron chi connectivity index (χ3n) is 2.00. The third-order valence-corrected chi connectivity index (χ3v) is 2.00. The van der Waals surface area contributed by atoms with Gasteiger partial charge in [-0.1, -0.05) is 29.8 Å². The van der Waals surface area contributed by atoms with Crippen LogP contribution < -0.4 is 0 Å². The molecule has 3 nitrogen and oxygen atoms in total. The first kappa shape index (κ1) is 10.4. The van der Waals surface area contributed by atoms with Gasteiger partial charge in [0.2, 0.25) is 5.78 Å². The van der Waals surface area contributed by atoms with Crippen LogP contribution in [0.4, 0.5) is 0 Å². The number of aryl methyl sites for hydroxylation is 2. The minimum atomic E-state index is -1.35. The van der Waals surface area contributed by atoms with Gasteiger partial charge in [0.25, 0.3) is 0 Å². The van der Waals surface area contributed by atoms with Gasteiger partial charge in [-0.15, -0.1) is 0 Å². The number of aliphatic carboxylic acids is 1. The van der Waals surface area contributed by atoms with Gasteiger partial charge >= 0.3 is 5.97 Å². The topological polar surface area (TPSA) is 54.4 Å². The fourth-order valence-electron chi connectivity index (χ4n) is 1.12. The first-order valence-electron chi connectivity index (χ1n) is 4.41. The number of rotatable bonds is 4. The van der Waals surface area contributed by atoms with Crippen molar-refractivity contribution >= 4 is 11.8 Å². The van der Waals surface area contributed by atoms with Crippen molar-refractivity contribution in [3.8, 4) is 0 Å². The summed E-state index contributed by atoms with van der Waals surface area (Å²) in [6.45, 7) is 1.98. The van der Waals surface area contributed by atoms with Crippen LogP contribution in [0.5, 0.6) is 0 Å². The van der Waals surface area contributed by atoms with E-state index in [1.54, 1.807) is 0 Å². The molecule has 0 radical (unpaired) electrons. The van der Waals surface area contributed by atoms with E-state index in [0.29, 0.717) is 6.42 Å². The molecule has 0 saturated carbocycles. The predicted molar refractivity (Wildman–Crippen MR) is 52.1 cm³/mol. The molecule has 0 amide bonds. The van der Waals surface area contributed by atoms with Gasteiger partial charge in [0.05, 0.1) is 0 Å². The van der Waals surface area contributed by atoms with E-state index in [4.69, 9.17) is 5.11 Å². The maximum atomic E-state index is 10.8. The Morgan fingerprint density at radius 3 is 2.29 bits per heavy atom. The van der Waals surface area contributed by atoms with Crippen molar-refractivity contribution in [2.75, 3.05) is 0 Å². The second-order valence-corrected chi connectivity index (χ2v) is 3.21. The molecule has 0 heterocycles. The highest BCUT2D eigenvalue weighted by molar-refractivity contribution is 6.32. The van der Waals surface area contributed by atoms with Crippen LogP contribution in [-0.4, -0.2) is 16.9 Å². The molecule has 1 N–H and O–H groups in total. The maximum Gasteiger partial charge on any atom is 0.372 e. The van der Waals surface area contributed by atoms with E-state index in [9.17, 15) is 9.59 Å². The van der Waals surface area contributed by atoms with Gasteiger partial charge in [-0.25, -0.2) is 4.79 Å². The number of hydrogen-bond acceptors (Lipinski definition) is 2. The largest absolute Gasteiger partial charge is 0.476 e. The molecule has 0 aliphatic carbocycles. The smallest absolute Gasteiger partial charge is 0.372 e. The lowest BCUT2D eigenvalue weighted by Crippen LogP contribution is -2.12. The monoisotopic (exact) mass is 192 g/mol. The van der Waals surface area contributed by atoms with Crippen LogP contribution in [0.3, 0.4) is 0 Å². The Morgan fingerprint density at radius 1 is 1.21 bits per heavy atom. The lowest BCUT2D eigenvalue weighted by Gasteiger charge is -1.99. The first-order chi connectivity index (χ1) is 6.59. The van der Waals surface area contributed by atoms with Crippen molar-refractivity contribution in [1.82, 2.24) is 0 Å². The van der Waals surface area contributed by atoms with Crippen molar-refractivity contribution in [3.63, 3.8) is 0 Å². The summed E-state index contributed by atoms with van der Waals surface area (Å²) in [5.41, 5.74) is 2.14. The fourth-order valence-corrected chi connectivity index (χ4v) is 1.12. The zero-order valence-corrected chi connectivity index (χ0v) is 7.99. The summed E-state index contributed by atoms with van der Waals surface area (Å²) in [6, 6.07) is 7.70. The Morgan fingerprint density at radius 2 is 1.79 bits per heavy atom. The van der Waals surface area contributed by atoms with Crippen LogP contribution in [-0.2, 0) is 16.0 Å². The average Bonchev–Trinajstić information content (AvgIpc) is 2.16. The Balaban J connectivity index is 2.50. The molecular formula is C11H12O3. The van der Waals surface area contributed by atoms with Gasteiger partial charge < -0.3 is 5.11 Å². The van der Waals surface area contributed by atoms with Gasteiger partial charge in [-0.05, 0) is 18.9 Å². The second-order valence-electron chi connectivity index (χ2n) is 3.21. The number of carboxylic acids is 1. The standard InChI is InChI=1S/C11H12O3/c1-8-2-4-9(5-3-8)6-7-10(12)11(13)14/h2-5H,6-7H2,1H3,(H,13,14). The number of carboxylic acid groups (broad SMARTS) is 1. The summed E-state index contributed by atoms with van der Waals surface area (Å²) in [6.07, 6.45) is 0.559. The van der Waals surface area contributed by atoms with Gasteiger partial charge in [0, 0.05) is 6.42 Å². The number of ketones is 1.